The molecule has 0 saturated carbocycles. The number of nitrogens with one attached hydrogen (secondary N) is 2. The molecule has 1 fully saturated rings. The number of carbonyl (C=O) groups is 2. The zero-order valence-corrected chi connectivity index (χ0v) is 18.5. The minimum atomic E-state index is -0.706. The van der Waals surface area contributed by atoms with Crippen LogP contribution in [0.25, 0.3) is 21.9 Å². The Balaban J connectivity index is 1.55. The lowest BCUT2D eigenvalue weighted by atomic mass is 9.97. The summed E-state index contributed by atoms with van der Waals surface area (Å²) in [5, 5.41) is 4.19. The number of aromatic amines is 1. The van der Waals surface area contributed by atoms with Gasteiger partial charge in [-0.1, -0.05) is 24.3 Å². The maximum Gasteiger partial charge on any atom is 0.263 e. The molecule has 3 aromatic rings. The van der Waals surface area contributed by atoms with E-state index in [1.165, 1.54) is 6.92 Å². The number of benzene rings is 2. The molecule has 7 heteroatoms. The number of carbonyl (C=O) groups excluding carboxylic acids is 2. The molecule has 2 amide bonds. The van der Waals surface area contributed by atoms with E-state index in [-0.39, 0.29) is 23.4 Å². The summed E-state index contributed by atoms with van der Waals surface area (Å²) < 4.78 is 5.91. The van der Waals surface area contributed by atoms with Crippen LogP contribution in [0.4, 0.5) is 0 Å². The average molecular weight is 434 g/mol. The summed E-state index contributed by atoms with van der Waals surface area (Å²) in [7, 11) is 0. The van der Waals surface area contributed by atoms with Crippen molar-refractivity contribution < 1.29 is 14.3 Å². The Labute approximate surface area is 186 Å². The Morgan fingerprint density at radius 2 is 1.94 bits per heavy atom. The molecule has 166 valence electrons. The lowest BCUT2D eigenvalue weighted by Crippen LogP contribution is -2.42. The Hall–Kier alpha value is -3.61. The monoisotopic (exact) mass is 433 g/mol. The molecule has 1 aliphatic heterocycles. The van der Waals surface area contributed by atoms with E-state index in [9.17, 15) is 14.4 Å². The van der Waals surface area contributed by atoms with Gasteiger partial charge in [0.15, 0.2) is 6.10 Å². The van der Waals surface area contributed by atoms with Crippen LogP contribution in [-0.4, -0.2) is 46.9 Å². The number of aromatic nitrogens is 1. The molecule has 2 atom stereocenters. The number of nitrogens with zero attached hydrogens (tertiary/aromatic N) is 1. The lowest BCUT2D eigenvalue weighted by molar-refractivity contribution is -0.137. The molecular weight excluding hydrogens is 406 g/mol. The molecule has 1 aromatic heterocycles. The largest absolute Gasteiger partial charge is 0.481 e. The summed E-state index contributed by atoms with van der Waals surface area (Å²) in [4.78, 5) is 41.1. The zero-order valence-electron chi connectivity index (χ0n) is 18.5. The predicted octanol–water partition coefficient (Wildman–Crippen LogP) is 3.01. The molecule has 2 heterocycles. The molecule has 0 aliphatic carbocycles. The maximum absolute atomic E-state index is 12.8. The van der Waals surface area contributed by atoms with E-state index in [2.05, 4.69) is 10.3 Å². The average Bonchev–Trinajstić information content (AvgIpc) is 3.22. The van der Waals surface area contributed by atoms with Gasteiger partial charge >= 0.3 is 0 Å². The summed E-state index contributed by atoms with van der Waals surface area (Å²) in [6, 6.07) is 13.3. The molecule has 0 radical (unpaired) electrons. The highest BCUT2D eigenvalue weighted by Crippen LogP contribution is 2.30. The van der Waals surface area contributed by atoms with Gasteiger partial charge in [-0.3, -0.25) is 14.4 Å². The van der Waals surface area contributed by atoms with E-state index < -0.39 is 6.10 Å². The number of fused-ring (bicyclic) bond motifs is 1. The lowest BCUT2D eigenvalue weighted by Gasteiger charge is -2.22. The molecule has 2 N–H and O–H groups in total. The van der Waals surface area contributed by atoms with Crippen LogP contribution in [0.15, 0.2) is 53.5 Å². The summed E-state index contributed by atoms with van der Waals surface area (Å²) in [5.41, 5.74) is 2.89. The van der Waals surface area contributed by atoms with E-state index in [1.807, 2.05) is 37.3 Å². The number of ether oxygens (including phenoxy) is 1. The van der Waals surface area contributed by atoms with Crippen molar-refractivity contribution in [3.05, 3.63) is 64.6 Å². The highest BCUT2D eigenvalue weighted by Gasteiger charge is 2.30. The van der Waals surface area contributed by atoms with Crippen LogP contribution in [0.3, 0.4) is 0 Å². The minimum absolute atomic E-state index is 0.0252. The number of aryl methyl sites for hydroxylation is 1. The summed E-state index contributed by atoms with van der Waals surface area (Å²) in [5.74, 6) is 0.226. The van der Waals surface area contributed by atoms with Crippen LogP contribution in [0.1, 0.15) is 25.8 Å². The van der Waals surface area contributed by atoms with Gasteiger partial charge < -0.3 is 19.9 Å². The van der Waals surface area contributed by atoms with Crippen LogP contribution in [0.2, 0.25) is 0 Å². The minimum Gasteiger partial charge on any atom is -0.481 e. The number of amides is 2. The SMILES string of the molecule is CC(=O)N[C@H]1CCN(C(=O)[C@@H](C)Oc2ccc3c(-c4ccccc4C)c[nH]c(=O)c3c2)C1. The predicted molar refractivity (Wildman–Crippen MR) is 124 cm³/mol. The van der Waals surface area contributed by atoms with Crippen LogP contribution >= 0.6 is 0 Å². The first kappa shape index (κ1) is 21.6. The summed E-state index contributed by atoms with van der Waals surface area (Å²) in [6.07, 6.45) is 1.76. The number of likely N-dealkylation sites (tertiary alicyclic amines) is 1. The molecule has 4 rings (SSSR count). The smallest absolute Gasteiger partial charge is 0.263 e. The first-order valence-corrected chi connectivity index (χ1v) is 10.8. The van der Waals surface area contributed by atoms with Gasteiger partial charge in [0.05, 0.1) is 5.39 Å². The molecule has 32 heavy (non-hydrogen) atoms. The molecule has 2 aromatic carbocycles. The van der Waals surface area contributed by atoms with E-state index in [0.29, 0.717) is 24.2 Å². The first-order valence-electron chi connectivity index (χ1n) is 10.8. The number of hydrogen-bond acceptors (Lipinski definition) is 4. The third-order valence-electron chi connectivity index (χ3n) is 5.88. The van der Waals surface area contributed by atoms with Gasteiger partial charge in [0.25, 0.3) is 11.5 Å². The topological polar surface area (TPSA) is 91.5 Å². The zero-order chi connectivity index (χ0) is 22.8. The van der Waals surface area contributed by atoms with Gasteiger partial charge in [-0.15, -0.1) is 0 Å². The Kier molecular flexibility index (Phi) is 5.99. The van der Waals surface area contributed by atoms with Crippen LogP contribution < -0.4 is 15.6 Å². The standard InChI is InChI=1S/C25H27N3O4/c1-15-6-4-5-7-20(15)23-13-26-24(30)22-12-19(8-9-21(22)23)32-16(2)25(31)28-11-10-18(14-28)27-17(3)29/h4-9,12-13,16,18H,10-11,14H2,1-3H3,(H,26,30)(H,27,29)/t16-,18+/m1/s1. The van der Waals surface area contributed by atoms with Gasteiger partial charge in [-0.25, -0.2) is 0 Å². The fourth-order valence-corrected chi connectivity index (χ4v) is 4.29. The highest BCUT2D eigenvalue weighted by atomic mass is 16.5. The van der Waals surface area contributed by atoms with E-state index in [4.69, 9.17) is 4.74 Å². The molecule has 0 spiro atoms. The Morgan fingerprint density at radius 1 is 1.16 bits per heavy atom. The van der Waals surface area contributed by atoms with Crippen molar-refractivity contribution in [2.75, 3.05) is 13.1 Å². The third-order valence-corrected chi connectivity index (χ3v) is 5.88. The van der Waals surface area contributed by atoms with Gasteiger partial charge in [-0.2, -0.15) is 0 Å². The second-order valence-corrected chi connectivity index (χ2v) is 8.28. The van der Waals surface area contributed by atoms with Gasteiger partial charge in [0.1, 0.15) is 5.75 Å². The molecule has 7 nitrogen and oxygen atoms in total. The van der Waals surface area contributed by atoms with Gasteiger partial charge in [-0.05, 0) is 55.0 Å². The van der Waals surface area contributed by atoms with Gasteiger partial charge in [0.2, 0.25) is 5.91 Å². The number of rotatable bonds is 5. The molecule has 0 unspecified atom stereocenters. The van der Waals surface area contributed by atoms with Crippen molar-refractivity contribution in [2.24, 2.45) is 0 Å². The molecular formula is C25H27N3O4. The molecule has 0 bridgehead atoms. The van der Waals surface area contributed by atoms with Crippen molar-refractivity contribution in [1.29, 1.82) is 0 Å². The number of H-pyrrole nitrogens is 1. The normalized spacial score (nSPS) is 16.7. The quantitative estimate of drug-likeness (QED) is 0.647. The third kappa shape index (κ3) is 4.37. The van der Waals surface area contributed by atoms with Crippen molar-refractivity contribution in [3.63, 3.8) is 0 Å². The van der Waals surface area contributed by atoms with Crippen molar-refractivity contribution >= 4 is 22.6 Å². The summed E-state index contributed by atoms with van der Waals surface area (Å²) >= 11 is 0. The Morgan fingerprint density at radius 3 is 2.69 bits per heavy atom. The fourth-order valence-electron chi connectivity index (χ4n) is 4.29. The van der Waals surface area contributed by atoms with E-state index in [1.54, 1.807) is 30.2 Å². The molecule has 1 aliphatic rings. The second-order valence-electron chi connectivity index (χ2n) is 8.28. The van der Waals surface area contributed by atoms with Crippen LogP contribution in [-0.2, 0) is 9.59 Å². The van der Waals surface area contributed by atoms with Crippen molar-refractivity contribution in [1.82, 2.24) is 15.2 Å². The second kappa shape index (κ2) is 8.86. The van der Waals surface area contributed by atoms with Crippen molar-refractivity contribution in [2.45, 2.75) is 39.3 Å². The number of pyridine rings is 1. The number of hydrogen-bond donors (Lipinski definition) is 2. The fraction of sp³-hybridized carbons (Fsp3) is 0.320. The maximum atomic E-state index is 12.8. The summed E-state index contributed by atoms with van der Waals surface area (Å²) in [6.45, 7) is 6.26. The van der Waals surface area contributed by atoms with Crippen LogP contribution in [0.5, 0.6) is 5.75 Å². The van der Waals surface area contributed by atoms with E-state index >= 15 is 0 Å². The molecule has 1 saturated heterocycles. The van der Waals surface area contributed by atoms with Gasteiger partial charge in [0, 0.05) is 37.8 Å². The first-order chi connectivity index (χ1) is 15.3. The van der Waals surface area contributed by atoms with Crippen molar-refractivity contribution in [3.8, 4) is 16.9 Å². The van der Waals surface area contributed by atoms with Crippen LogP contribution in [0, 0.1) is 6.92 Å². The Bertz CT molecular complexity index is 1230. The van der Waals surface area contributed by atoms with E-state index in [0.717, 1.165) is 28.5 Å². The highest BCUT2D eigenvalue weighted by molar-refractivity contribution is 5.97.